The van der Waals surface area contributed by atoms with Gasteiger partial charge >= 0.3 is 0 Å². The van der Waals surface area contributed by atoms with E-state index in [2.05, 4.69) is 15.0 Å². The molecule has 0 aliphatic rings. The first-order valence-corrected chi connectivity index (χ1v) is 6.15. The zero-order valence-electron chi connectivity index (χ0n) is 11.5. The Kier molecular flexibility index (Phi) is 3.94. The summed E-state index contributed by atoms with van der Waals surface area (Å²) in [7, 11) is 0. The maximum absolute atomic E-state index is 5.77. The molecule has 5 nitrogen and oxygen atoms in total. The first-order valence-electron chi connectivity index (χ1n) is 6.15. The van der Waals surface area contributed by atoms with Crippen molar-refractivity contribution in [2.45, 2.75) is 33.8 Å². The summed E-state index contributed by atoms with van der Waals surface area (Å²) < 4.78 is 11.4. The normalized spacial score (nSPS) is 10.6. The van der Waals surface area contributed by atoms with Gasteiger partial charge < -0.3 is 9.47 Å². The van der Waals surface area contributed by atoms with Crippen LogP contribution < -0.4 is 9.47 Å². The van der Waals surface area contributed by atoms with E-state index in [-0.39, 0.29) is 6.10 Å². The molecule has 0 saturated carbocycles. The molecule has 2 aromatic rings. The number of aromatic nitrogens is 3. The lowest BCUT2D eigenvalue weighted by Gasteiger charge is -2.13. The Morgan fingerprint density at radius 2 is 1.79 bits per heavy atom. The van der Waals surface area contributed by atoms with E-state index in [1.807, 2.05) is 39.8 Å². The van der Waals surface area contributed by atoms with E-state index in [4.69, 9.17) is 9.47 Å². The van der Waals surface area contributed by atoms with E-state index >= 15 is 0 Å². The van der Waals surface area contributed by atoms with E-state index < -0.39 is 0 Å². The monoisotopic (exact) mass is 259 g/mol. The number of rotatable bonds is 4. The van der Waals surface area contributed by atoms with Crippen molar-refractivity contribution in [2.24, 2.45) is 0 Å². The fraction of sp³-hybridized carbons (Fsp3) is 0.357. The Morgan fingerprint density at radius 3 is 2.47 bits per heavy atom. The topological polar surface area (TPSA) is 57.1 Å². The van der Waals surface area contributed by atoms with Crippen molar-refractivity contribution in [1.29, 1.82) is 0 Å². The van der Waals surface area contributed by atoms with Crippen LogP contribution in [-0.2, 0) is 0 Å². The smallest absolute Gasteiger partial charge is 0.229 e. The lowest BCUT2D eigenvalue weighted by Crippen LogP contribution is -2.09. The summed E-state index contributed by atoms with van der Waals surface area (Å²) >= 11 is 0. The Bertz CT molecular complexity index is 570. The average Bonchev–Trinajstić information content (AvgIpc) is 2.36. The zero-order chi connectivity index (χ0) is 13.8. The molecule has 0 unspecified atom stereocenters. The van der Waals surface area contributed by atoms with Crippen LogP contribution in [-0.4, -0.2) is 21.1 Å². The number of hydrogen-bond donors (Lipinski definition) is 0. The summed E-state index contributed by atoms with van der Waals surface area (Å²) in [4.78, 5) is 12.4. The third-order valence-corrected chi connectivity index (χ3v) is 2.50. The third-order valence-electron chi connectivity index (χ3n) is 2.50. The van der Waals surface area contributed by atoms with E-state index in [9.17, 15) is 0 Å². The minimum atomic E-state index is 0.0570. The molecule has 0 bridgehead atoms. The van der Waals surface area contributed by atoms with E-state index in [1.165, 1.54) is 6.33 Å². The van der Waals surface area contributed by atoms with Gasteiger partial charge in [0.05, 0.1) is 17.4 Å². The van der Waals surface area contributed by atoms with Crippen LogP contribution in [0.15, 0.2) is 24.7 Å². The van der Waals surface area contributed by atoms with E-state index in [0.717, 1.165) is 11.3 Å². The summed E-state index contributed by atoms with van der Waals surface area (Å²) in [5.74, 6) is 1.71. The van der Waals surface area contributed by atoms with Crippen molar-refractivity contribution < 1.29 is 9.47 Å². The van der Waals surface area contributed by atoms with Gasteiger partial charge in [-0.1, -0.05) is 0 Å². The SMILES string of the molecule is Cc1ncccc1Oc1ncnc(OC(C)C)c1C. The molecular formula is C14H17N3O2. The Morgan fingerprint density at radius 1 is 1.05 bits per heavy atom. The number of hydrogen-bond acceptors (Lipinski definition) is 5. The Hall–Kier alpha value is -2.17. The summed E-state index contributed by atoms with van der Waals surface area (Å²) in [6, 6.07) is 3.68. The van der Waals surface area contributed by atoms with Gasteiger partial charge in [0.1, 0.15) is 6.33 Å². The summed E-state index contributed by atoms with van der Waals surface area (Å²) in [6.07, 6.45) is 3.22. The largest absolute Gasteiger partial charge is 0.475 e. The van der Waals surface area contributed by atoms with Crippen LogP contribution >= 0.6 is 0 Å². The van der Waals surface area contributed by atoms with Gasteiger partial charge in [0.25, 0.3) is 0 Å². The molecule has 0 aliphatic carbocycles. The van der Waals surface area contributed by atoms with Crippen molar-refractivity contribution in [1.82, 2.24) is 15.0 Å². The quantitative estimate of drug-likeness (QED) is 0.844. The highest BCUT2D eigenvalue weighted by molar-refractivity contribution is 5.37. The van der Waals surface area contributed by atoms with Gasteiger partial charge in [-0.05, 0) is 39.8 Å². The number of aryl methyl sites for hydroxylation is 1. The molecular weight excluding hydrogens is 242 g/mol. The van der Waals surface area contributed by atoms with Gasteiger partial charge in [-0.3, -0.25) is 4.98 Å². The lowest BCUT2D eigenvalue weighted by atomic mass is 10.3. The average molecular weight is 259 g/mol. The van der Waals surface area contributed by atoms with Gasteiger partial charge in [-0.2, -0.15) is 0 Å². The number of ether oxygens (including phenoxy) is 2. The van der Waals surface area contributed by atoms with Gasteiger partial charge in [-0.25, -0.2) is 9.97 Å². The van der Waals surface area contributed by atoms with Crippen LogP contribution in [0.25, 0.3) is 0 Å². The van der Waals surface area contributed by atoms with E-state index in [1.54, 1.807) is 6.20 Å². The van der Waals surface area contributed by atoms with Gasteiger partial charge in [0.15, 0.2) is 5.75 Å². The Labute approximate surface area is 112 Å². The standard InChI is InChI=1S/C14H17N3O2/c1-9(2)18-13-10(3)14(17-8-16-13)19-12-6-5-7-15-11(12)4/h5-9H,1-4H3. The fourth-order valence-electron chi connectivity index (χ4n) is 1.55. The van der Waals surface area contributed by atoms with Crippen molar-refractivity contribution in [2.75, 3.05) is 0 Å². The maximum Gasteiger partial charge on any atom is 0.229 e. The molecule has 0 spiro atoms. The lowest BCUT2D eigenvalue weighted by molar-refractivity contribution is 0.229. The second-order valence-corrected chi connectivity index (χ2v) is 4.46. The molecule has 0 fully saturated rings. The molecule has 2 aromatic heterocycles. The van der Waals surface area contributed by atoms with Crippen LogP contribution in [0.4, 0.5) is 0 Å². The summed E-state index contributed by atoms with van der Waals surface area (Å²) in [5, 5.41) is 0. The molecule has 19 heavy (non-hydrogen) atoms. The molecule has 0 saturated heterocycles. The van der Waals surface area contributed by atoms with Crippen molar-refractivity contribution in [3.8, 4) is 17.5 Å². The maximum atomic E-state index is 5.77. The second kappa shape index (κ2) is 5.65. The van der Waals surface area contributed by atoms with Gasteiger partial charge in [0, 0.05) is 6.20 Å². The molecule has 0 aromatic carbocycles. The first kappa shape index (κ1) is 13.3. The highest BCUT2D eigenvalue weighted by Gasteiger charge is 2.12. The van der Waals surface area contributed by atoms with Crippen LogP contribution in [0.3, 0.4) is 0 Å². The highest BCUT2D eigenvalue weighted by Crippen LogP contribution is 2.28. The molecule has 0 amide bonds. The number of pyridine rings is 1. The van der Waals surface area contributed by atoms with Crippen LogP contribution in [0.2, 0.25) is 0 Å². The molecule has 0 aliphatic heterocycles. The third kappa shape index (κ3) is 3.19. The fourth-order valence-corrected chi connectivity index (χ4v) is 1.55. The zero-order valence-corrected chi connectivity index (χ0v) is 11.5. The minimum absolute atomic E-state index is 0.0570. The predicted octanol–water partition coefficient (Wildman–Crippen LogP) is 3.07. The molecule has 0 N–H and O–H groups in total. The van der Waals surface area contributed by atoms with Gasteiger partial charge in [-0.15, -0.1) is 0 Å². The van der Waals surface area contributed by atoms with Crippen molar-refractivity contribution in [3.05, 3.63) is 35.9 Å². The van der Waals surface area contributed by atoms with Crippen LogP contribution in [0.5, 0.6) is 17.5 Å². The first-order chi connectivity index (χ1) is 9.08. The molecule has 5 heteroatoms. The molecule has 100 valence electrons. The second-order valence-electron chi connectivity index (χ2n) is 4.46. The molecule has 0 atom stereocenters. The predicted molar refractivity (Wildman–Crippen MR) is 71.6 cm³/mol. The van der Waals surface area contributed by atoms with Crippen LogP contribution in [0.1, 0.15) is 25.1 Å². The van der Waals surface area contributed by atoms with Gasteiger partial charge in [0.2, 0.25) is 11.8 Å². The van der Waals surface area contributed by atoms with Crippen molar-refractivity contribution in [3.63, 3.8) is 0 Å². The van der Waals surface area contributed by atoms with E-state index in [0.29, 0.717) is 17.5 Å². The number of nitrogens with zero attached hydrogens (tertiary/aromatic N) is 3. The summed E-state index contributed by atoms with van der Waals surface area (Å²) in [6.45, 7) is 7.66. The van der Waals surface area contributed by atoms with Crippen molar-refractivity contribution >= 4 is 0 Å². The Balaban J connectivity index is 2.28. The minimum Gasteiger partial charge on any atom is -0.475 e. The van der Waals surface area contributed by atoms with Crippen LogP contribution in [0, 0.1) is 13.8 Å². The molecule has 0 radical (unpaired) electrons. The summed E-state index contributed by atoms with van der Waals surface area (Å²) in [5.41, 5.74) is 1.59. The molecule has 2 heterocycles. The molecule has 2 rings (SSSR count). The highest BCUT2D eigenvalue weighted by atomic mass is 16.5.